The highest BCUT2D eigenvalue weighted by molar-refractivity contribution is 7.89. The van der Waals surface area contributed by atoms with Gasteiger partial charge in [0.1, 0.15) is 5.75 Å². The van der Waals surface area contributed by atoms with Crippen LogP contribution in [0.2, 0.25) is 0 Å². The Morgan fingerprint density at radius 2 is 1.83 bits per heavy atom. The third kappa shape index (κ3) is 5.79. The van der Waals surface area contributed by atoms with Gasteiger partial charge in [-0.1, -0.05) is 6.07 Å². The summed E-state index contributed by atoms with van der Waals surface area (Å²) < 4.78 is 37.7. The standard InChI is InChI=1S/C21H26N2O5S/c1-15(13-27-2)23-29(25,26)20-10-7-18(8-11-20)22-21(24)14-28-19-9-6-16-4-3-5-17(16)12-19/h6-12,15,23H,3-5,13-14H2,1-2H3,(H,22,24)/t15-/m0/s1. The zero-order valence-electron chi connectivity index (χ0n) is 16.6. The van der Waals surface area contributed by atoms with Crippen LogP contribution in [0.4, 0.5) is 5.69 Å². The van der Waals surface area contributed by atoms with Crippen molar-refractivity contribution < 1.29 is 22.7 Å². The van der Waals surface area contributed by atoms with Gasteiger partial charge in [-0.25, -0.2) is 13.1 Å². The number of hydrogen-bond acceptors (Lipinski definition) is 5. The van der Waals surface area contributed by atoms with Crippen molar-refractivity contribution in [3.8, 4) is 5.75 Å². The molecule has 0 aliphatic heterocycles. The average Bonchev–Trinajstić information content (AvgIpc) is 3.14. The maximum Gasteiger partial charge on any atom is 0.262 e. The highest BCUT2D eigenvalue weighted by Gasteiger charge is 2.17. The Morgan fingerprint density at radius 1 is 1.10 bits per heavy atom. The summed E-state index contributed by atoms with van der Waals surface area (Å²) >= 11 is 0. The Bertz CT molecular complexity index is 958. The van der Waals surface area contributed by atoms with E-state index in [1.807, 2.05) is 12.1 Å². The molecule has 1 aliphatic carbocycles. The molecule has 0 heterocycles. The summed E-state index contributed by atoms with van der Waals surface area (Å²) in [7, 11) is -2.14. The molecule has 3 rings (SSSR count). The first kappa shape index (κ1) is 21.3. The number of carbonyl (C=O) groups excluding carboxylic acids is 1. The fourth-order valence-corrected chi connectivity index (χ4v) is 4.55. The van der Waals surface area contributed by atoms with Crippen LogP contribution in [0, 0.1) is 0 Å². The second-order valence-electron chi connectivity index (χ2n) is 7.12. The van der Waals surface area contributed by atoms with E-state index >= 15 is 0 Å². The van der Waals surface area contributed by atoms with Crippen molar-refractivity contribution in [3.05, 3.63) is 53.6 Å². The summed E-state index contributed by atoms with van der Waals surface area (Å²) in [6, 6.07) is 11.6. The molecular formula is C21H26N2O5S. The number of hydrogen-bond donors (Lipinski definition) is 2. The van der Waals surface area contributed by atoms with Crippen LogP contribution in [0.5, 0.6) is 5.75 Å². The Morgan fingerprint density at radius 3 is 2.55 bits per heavy atom. The van der Waals surface area contributed by atoms with Crippen molar-refractivity contribution in [3.63, 3.8) is 0 Å². The highest BCUT2D eigenvalue weighted by Crippen LogP contribution is 2.26. The normalized spacial score (nSPS) is 14.3. The predicted molar refractivity (Wildman–Crippen MR) is 111 cm³/mol. The minimum absolute atomic E-state index is 0.116. The topological polar surface area (TPSA) is 93.7 Å². The molecule has 8 heteroatoms. The summed E-state index contributed by atoms with van der Waals surface area (Å²) in [6.45, 7) is 1.88. The van der Waals surface area contributed by atoms with Crippen molar-refractivity contribution in [2.45, 2.75) is 37.1 Å². The van der Waals surface area contributed by atoms with Crippen LogP contribution in [0.3, 0.4) is 0 Å². The van der Waals surface area contributed by atoms with Crippen LogP contribution in [0.25, 0.3) is 0 Å². The average molecular weight is 419 g/mol. The predicted octanol–water partition coefficient (Wildman–Crippen LogP) is 2.51. The van der Waals surface area contributed by atoms with E-state index in [2.05, 4.69) is 16.1 Å². The largest absolute Gasteiger partial charge is 0.484 e. The van der Waals surface area contributed by atoms with E-state index in [4.69, 9.17) is 9.47 Å². The zero-order chi connectivity index (χ0) is 20.9. The number of rotatable bonds is 9. The van der Waals surface area contributed by atoms with Crippen molar-refractivity contribution in [2.24, 2.45) is 0 Å². The fourth-order valence-electron chi connectivity index (χ4n) is 3.32. The van der Waals surface area contributed by atoms with Gasteiger partial charge in [0.25, 0.3) is 5.91 Å². The molecular weight excluding hydrogens is 392 g/mol. The van der Waals surface area contributed by atoms with E-state index in [-0.39, 0.29) is 30.1 Å². The molecule has 0 spiro atoms. The summed E-state index contributed by atoms with van der Waals surface area (Å²) in [6.07, 6.45) is 3.31. The Labute approximate surface area is 171 Å². The number of sulfonamides is 1. The van der Waals surface area contributed by atoms with Crippen LogP contribution in [0.1, 0.15) is 24.5 Å². The smallest absolute Gasteiger partial charge is 0.262 e. The minimum Gasteiger partial charge on any atom is -0.484 e. The third-order valence-electron chi connectivity index (χ3n) is 4.66. The van der Waals surface area contributed by atoms with Gasteiger partial charge in [0, 0.05) is 18.8 Å². The van der Waals surface area contributed by atoms with Gasteiger partial charge in [-0.05, 0) is 73.7 Å². The molecule has 0 fully saturated rings. The summed E-state index contributed by atoms with van der Waals surface area (Å²) in [5.41, 5.74) is 3.13. The second-order valence-corrected chi connectivity index (χ2v) is 8.84. The number of carbonyl (C=O) groups is 1. The number of anilines is 1. The molecule has 1 aliphatic rings. The molecule has 0 radical (unpaired) electrons. The van der Waals surface area contributed by atoms with Gasteiger partial charge >= 0.3 is 0 Å². The van der Waals surface area contributed by atoms with Crippen LogP contribution in [-0.2, 0) is 32.4 Å². The fraction of sp³-hybridized carbons (Fsp3) is 0.381. The molecule has 1 amide bonds. The van der Waals surface area contributed by atoms with E-state index in [1.165, 1.54) is 30.4 Å². The molecule has 1 atom stereocenters. The van der Waals surface area contributed by atoms with Gasteiger partial charge < -0.3 is 14.8 Å². The molecule has 2 aromatic rings. The monoisotopic (exact) mass is 418 g/mol. The first-order valence-corrected chi connectivity index (χ1v) is 11.0. The first-order valence-electron chi connectivity index (χ1n) is 9.53. The molecule has 2 N–H and O–H groups in total. The zero-order valence-corrected chi connectivity index (χ0v) is 17.4. The first-order chi connectivity index (χ1) is 13.9. The lowest BCUT2D eigenvalue weighted by molar-refractivity contribution is -0.118. The number of aryl methyl sites for hydroxylation is 2. The second kappa shape index (κ2) is 9.39. The molecule has 0 saturated carbocycles. The van der Waals surface area contributed by atoms with Gasteiger partial charge in [-0.2, -0.15) is 0 Å². The number of ether oxygens (including phenoxy) is 2. The molecule has 7 nitrogen and oxygen atoms in total. The van der Waals surface area contributed by atoms with Crippen molar-refractivity contribution >= 4 is 21.6 Å². The quantitative estimate of drug-likeness (QED) is 0.653. The molecule has 156 valence electrons. The van der Waals surface area contributed by atoms with Crippen LogP contribution in [-0.4, -0.2) is 40.7 Å². The maximum absolute atomic E-state index is 12.3. The summed E-state index contributed by atoms with van der Waals surface area (Å²) in [5.74, 6) is 0.367. The lowest BCUT2D eigenvalue weighted by Crippen LogP contribution is -2.35. The van der Waals surface area contributed by atoms with Gasteiger partial charge in [0.15, 0.2) is 6.61 Å². The summed E-state index contributed by atoms with van der Waals surface area (Å²) in [4.78, 5) is 12.3. The van der Waals surface area contributed by atoms with E-state index in [0.717, 1.165) is 19.3 Å². The molecule has 2 aromatic carbocycles. The Balaban J connectivity index is 1.53. The lowest BCUT2D eigenvalue weighted by atomic mass is 10.1. The number of amides is 1. The number of fused-ring (bicyclic) bond motifs is 1. The molecule has 0 unspecified atom stereocenters. The molecule has 0 saturated heterocycles. The van der Waals surface area contributed by atoms with Gasteiger partial charge in [0.2, 0.25) is 10.0 Å². The van der Waals surface area contributed by atoms with Crippen LogP contribution in [0.15, 0.2) is 47.4 Å². The van der Waals surface area contributed by atoms with E-state index < -0.39 is 10.0 Å². The van der Waals surface area contributed by atoms with Crippen molar-refractivity contribution in [1.29, 1.82) is 0 Å². The Hall–Kier alpha value is -2.42. The molecule has 0 bridgehead atoms. The van der Waals surface area contributed by atoms with E-state index in [0.29, 0.717) is 11.4 Å². The minimum atomic E-state index is -3.65. The maximum atomic E-state index is 12.3. The van der Waals surface area contributed by atoms with Gasteiger partial charge in [-0.15, -0.1) is 0 Å². The van der Waals surface area contributed by atoms with Crippen LogP contribution < -0.4 is 14.8 Å². The van der Waals surface area contributed by atoms with Crippen molar-refractivity contribution in [1.82, 2.24) is 4.72 Å². The van der Waals surface area contributed by atoms with Gasteiger partial charge in [0.05, 0.1) is 11.5 Å². The lowest BCUT2D eigenvalue weighted by Gasteiger charge is -2.13. The van der Waals surface area contributed by atoms with Gasteiger partial charge in [-0.3, -0.25) is 4.79 Å². The van der Waals surface area contributed by atoms with Crippen LogP contribution >= 0.6 is 0 Å². The third-order valence-corrected chi connectivity index (χ3v) is 6.27. The molecule has 0 aromatic heterocycles. The van der Waals surface area contributed by atoms with Crippen molar-refractivity contribution in [2.75, 3.05) is 25.6 Å². The number of methoxy groups -OCH3 is 1. The number of benzene rings is 2. The van der Waals surface area contributed by atoms with E-state index in [9.17, 15) is 13.2 Å². The van der Waals surface area contributed by atoms with E-state index in [1.54, 1.807) is 19.1 Å². The number of nitrogens with one attached hydrogen (secondary N) is 2. The Kier molecular flexibility index (Phi) is 6.89. The molecule has 29 heavy (non-hydrogen) atoms. The SMILES string of the molecule is COC[C@H](C)NS(=O)(=O)c1ccc(NC(=O)COc2ccc3c(c2)CCC3)cc1. The highest BCUT2D eigenvalue weighted by atomic mass is 32.2. The summed E-state index contributed by atoms with van der Waals surface area (Å²) in [5, 5.41) is 2.71.